The van der Waals surface area contributed by atoms with Crippen molar-refractivity contribution in [2.45, 2.75) is 31.4 Å². The van der Waals surface area contributed by atoms with Gasteiger partial charge >= 0.3 is 5.97 Å². The van der Waals surface area contributed by atoms with Crippen LogP contribution in [0.1, 0.15) is 30.9 Å². The molecule has 3 atom stereocenters. The molecule has 0 bridgehead atoms. The van der Waals surface area contributed by atoms with E-state index < -0.39 is 40.4 Å². The molecule has 7 nitrogen and oxygen atoms in total. The molecule has 2 fully saturated rings. The Morgan fingerprint density at radius 1 is 1.08 bits per heavy atom. The van der Waals surface area contributed by atoms with Crippen molar-refractivity contribution in [3.8, 4) is 21.0 Å². The van der Waals surface area contributed by atoms with Gasteiger partial charge in [0.15, 0.2) is 0 Å². The maximum atomic E-state index is 14.1. The van der Waals surface area contributed by atoms with E-state index >= 15 is 0 Å². The molecule has 0 spiro atoms. The first-order chi connectivity index (χ1) is 17.2. The van der Waals surface area contributed by atoms with Crippen molar-refractivity contribution in [2.24, 2.45) is 5.92 Å². The quantitative estimate of drug-likeness (QED) is 0.374. The van der Waals surface area contributed by atoms with Gasteiger partial charge in [-0.3, -0.25) is 18.9 Å². The number of carboxylic acids is 1. The summed E-state index contributed by atoms with van der Waals surface area (Å²) in [4.78, 5) is 23.6. The van der Waals surface area contributed by atoms with Gasteiger partial charge in [0.1, 0.15) is 17.0 Å². The summed E-state index contributed by atoms with van der Waals surface area (Å²) in [6.07, 6.45) is 2.07. The van der Waals surface area contributed by atoms with Gasteiger partial charge in [-0.1, -0.05) is 12.1 Å². The van der Waals surface area contributed by atoms with Crippen molar-refractivity contribution in [3.63, 3.8) is 0 Å². The lowest BCUT2D eigenvalue weighted by Crippen LogP contribution is -2.38. The van der Waals surface area contributed by atoms with E-state index in [-0.39, 0.29) is 12.8 Å². The standard InChI is InChI=1S/C25H27F2N3O4S2/c26-17-3-6-20(21(12-17)25(31)32)22-23(35-24(29-22)16-11-18(27)14-28-13-16)15-1-4-19(5-2-15)30-7-9-36(33,34)10-8-30/h1-2,4-5,11,13-14,17,20-21,33-34H,3,6-10,12H2,(H,31,32)/t17-,20+,21+/m0/s1. The highest BCUT2D eigenvalue weighted by atomic mass is 32.3. The number of hydrogen-bond donors (Lipinski definition) is 3. The summed E-state index contributed by atoms with van der Waals surface area (Å²) in [5, 5.41) is 10.4. The van der Waals surface area contributed by atoms with E-state index in [1.807, 2.05) is 24.3 Å². The number of carbonyl (C=O) groups is 1. The molecule has 3 aromatic rings. The lowest BCUT2D eigenvalue weighted by Gasteiger charge is -2.41. The van der Waals surface area contributed by atoms with Crippen molar-refractivity contribution >= 4 is 33.6 Å². The van der Waals surface area contributed by atoms with Gasteiger partial charge in [-0.25, -0.2) is 13.8 Å². The third kappa shape index (κ3) is 5.24. The van der Waals surface area contributed by atoms with E-state index in [0.29, 0.717) is 47.3 Å². The molecule has 5 rings (SSSR count). The Morgan fingerprint density at radius 3 is 2.47 bits per heavy atom. The minimum Gasteiger partial charge on any atom is -0.481 e. The summed E-state index contributed by atoms with van der Waals surface area (Å²) in [5.41, 5.74) is 2.89. The van der Waals surface area contributed by atoms with Gasteiger partial charge in [-0.2, -0.15) is 10.6 Å². The molecular weight excluding hydrogens is 508 g/mol. The Kier molecular flexibility index (Phi) is 6.99. The molecule has 1 saturated carbocycles. The van der Waals surface area contributed by atoms with Gasteiger partial charge in [0, 0.05) is 36.5 Å². The summed E-state index contributed by atoms with van der Waals surface area (Å²) in [5.74, 6) is -2.20. The van der Waals surface area contributed by atoms with Gasteiger partial charge in [0.05, 0.1) is 34.2 Å². The Bertz CT molecular complexity index is 1240. The van der Waals surface area contributed by atoms with Crippen LogP contribution in [0.4, 0.5) is 14.5 Å². The molecule has 3 heterocycles. The normalized spacial score (nSPS) is 24.9. The molecule has 0 amide bonds. The van der Waals surface area contributed by atoms with Crippen LogP contribution < -0.4 is 4.90 Å². The predicted octanol–water partition coefficient (Wildman–Crippen LogP) is 5.89. The summed E-state index contributed by atoms with van der Waals surface area (Å²) in [6, 6.07) is 9.11. The highest BCUT2D eigenvalue weighted by Gasteiger charge is 2.39. The number of alkyl halides is 1. The monoisotopic (exact) mass is 535 g/mol. The van der Waals surface area contributed by atoms with Gasteiger partial charge in [-0.15, -0.1) is 11.3 Å². The Labute approximate surface area is 213 Å². The molecular formula is C25H27F2N3O4S2. The number of pyridine rings is 1. The number of benzene rings is 1. The number of carboxylic acid groups (broad SMARTS) is 1. The number of aliphatic carboxylic acids is 1. The lowest BCUT2D eigenvalue weighted by molar-refractivity contribution is -0.144. The van der Waals surface area contributed by atoms with E-state index in [1.165, 1.54) is 23.6 Å². The summed E-state index contributed by atoms with van der Waals surface area (Å²) < 4.78 is 47.8. The fourth-order valence-electron chi connectivity index (χ4n) is 4.97. The van der Waals surface area contributed by atoms with Crippen LogP contribution in [0.25, 0.3) is 21.0 Å². The summed E-state index contributed by atoms with van der Waals surface area (Å²) >= 11 is 1.34. The van der Waals surface area contributed by atoms with Crippen LogP contribution >= 0.6 is 21.9 Å². The number of rotatable bonds is 5. The van der Waals surface area contributed by atoms with E-state index in [4.69, 9.17) is 4.98 Å². The molecule has 0 radical (unpaired) electrons. The number of thiazole rings is 1. The minimum absolute atomic E-state index is 0.0547. The Balaban J connectivity index is 1.52. The average Bonchev–Trinajstić information content (AvgIpc) is 3.29. The average molecular weight is 536 g/mol. The third-order valence-electron chi connectivity index (χ3n) is 6.93. The molecule has 36 heavy (non-hydrogen) atoms. The first kappa shape index (κ1) is 25.1. The number of aromatic nitrogens is 2. The lowest BCUT2D eigenvalue weighted by atomic mass is 9.76. The van der Waals surface area contributed by atoms with Crippen molar-refractivity contribution in [1.82, 2.24) is 9.97 Å². The number of anilines is 1. The Morgan fingerprint density at radius 2 is 1.81 bits per heavy atom. The van der Waals surface area contributed by atoms with Crippen LogP contribution in [0.5, 0.6) is 0 Å². The molecule has 1 aromatic carbocycles. The first-order valence-electron chi connectivity index (χ1n) is 11.8. The fraction of sp³-hybridized carbons (Fsp3) is 0.400. The van der Waals surface area contributed by atoms with Gasteiger partial charge in [0.2, 0.25) is 0 Å². The second kappa shape index (κ2) is 10.0. The summed E-state index contributed by atoms with van der Waals surface area (Å²) in [7, 11) is -2.49. The second-order valence-corrected chi connectivity index (χ2v) is 12.8. The summed E-state index contributed by atoms with van der Waals surface area (Å²) in [6.45, 7) is 1.11. The van der Waals surface area contributed by atoms with E-state index in [9.17, 15) is 27.8 Å². The van der Waals surface area contributed by atoms with Gasteiger partial charge < -0.3 is 10.0 Å². The molecule has 2 aromatic heterocycles. The SMILES string of the molecule is O=C(O)[C@@H]1C[C@@H](F)CC[C@H]1c1nc(-c2cncc(F)c2)sc1-c1ccc(N2CCS(O)(O)CC2)cc1. The molecule has 1 aliphatic carbocycles. The molecule has 3 N–H and O–H groups in total. The Hall–Kier alpha value is -2.60. The molecule has 0 unspecified atom stereocenters. The molecule has 1 saturated heterocycles. The van der Waals surface area contributed by atoms with Crippen LogP contribution in [0.3, 0.4) is 0 Å². The van der Waals surface area contributed by atoms with Gasteiger partial charge in [0.25, 0.3) is 0 Å². The fourth-order valence-corrected chi connectivity index (χ4v) is 7.32. The van der Waals surface area contributed by atoms with Crippen LogP contribution in [-0.2, 0) is 4.79 Å². The van der Waals surface area contributed by atoms with Crippen molar-refractivity contribution < 1.29 is 27.8 Å². The van der Waals surface area contributed by atoms with E-state index in [2.05, 4.69) is 9.88 Å². The minimum atomic E-state index is -2.49. The molecule has 192 valence electrons. The van der Waals surface area contributed by atoms with E-state index in [1.54, 1.807) is 0 Å². The van der Waals surface area contributed by atoms with Crippen molar-refractivity contribution in [3.05, 3.63) is 54.2 Å². The zero-order valence-corrected chi connectivity index (χ0v) is 21.0. The number of halogens is 2. The van der Waals surface area contributed by atoms with E-state index in [0.717, 1.165) is 22.3 Å². The maximum absolute atomic E-state index is 14.1. The zero-order chi connectivity index (χ0) is 25.4. The van der Waals surface area contributed by atoms with Crippen LogP contribution in [0.15, 0.2) is 42.7 Å². The third-order valence-corrected chi connectivity index (χ3v) is 9.77. The topological polar surface area (TPSA) is 107 Å². The maximum Gasteiger partial charge on any atom is 0.307 e. The number of hydrogen-bond acceptors (Lipinski definition) is 7. The highest BCUT2D eigenvalue weighted by molar-refractivity contribution is 8.24. The van der Waals surface area contributed by atoms with Crippen molar-refractivity contribution in [1.29, 1.82) is 0 Å². The highest BCUT2D eigenvalue weighted by Crippen LogP contribution is 2.47. The first-order valence-corrected chi connectivity index (χ1v) is 14.5. The molecule has 2 aliphatic rings. The van der Waals surface area contributed by atoms with Crippen LogP contribution in [-0.4, -0.2) is 60.9 Å². The van der Waals surface area contributed by atoms with Gasteiger partial charge in [-0.05, 0) is 43.0 Å². The van der Waals surface area contributed by atoms with Crippen LogP contribution in [0, 0.1) is 11.7 Å². The van der Waals surface area contributed by atoms with Crippen LogP contribution in [0.2, 0.25) is 0 Å². The van der Waals surface area contributed by atoms with Crippen molar-refractivity contribution in [2.75, 3.05) is 29.5 Å². The smallest absolute Gasteiger partial charge is 0.307 e. The second-order valence-electron chi connectivity index (χ2n) is 9.33. The molecule has 1 aliphatic heterocycles. The number of nitrogens with zero attached hydrogens (tertiary/aromatic N) is 3. The zero-order valence-electron chi connectivity index (χ0n) is 19.4. The predicted molar refractivity (Wildman–Crippen MR) is 138 cm³/mol. The molecule has 11 heteroatoms. The largest absolute Gasteiger partial charge is 0.481 e.